The second-order valence-electron chi connectivity index (χ2n) is 6.58. The van der Waals surface area contributed by atoms with Gasteiger partial charge in [-0.15, -0.1) is 11.8 Å². The number of rotatable bonds is 2. The Balaban J connectivity index is 1.87. The molecule has 0 spiro atoms. The summed E-state index contributed by atoms with van der Waals surface area (Å²) in [6.07, 6.45) is 5.34. The fourth-order valence-corrected chi connectivity index (χ4v) is 6.49. The molecule has 134 valence electrons. The third-order valence-electron chi connectivity index (χ3n) is 4.82. The number of amides is 1. The van der Waals surface area contributed by atoms with Gasteiger partial charge in [-0.25, -0.2) is 12.7 Å². The third-order valence-corrected chi connectivity index (χ3v) is 8.06. The molecule has 4 rings (SSSR count). The Morgan fingerprint density at radius 3 is 2.46 bits per heavy atom. The van der Waals surface area contributed by atoms with Crippen molar-refractivity contribution in [2.45, 2.75) is 40.8 Å². The van der Waals surface area contributed by atoms with Gasteiger partial charge in [-0.3, -0.25) is 4.79 Å². The average molecular weight is 386 g/mol. The van der Waals surface area contributed by atoms with Crippen LogP contribution in [0, 0.1) is 6.92 Å². The lowest BCUT2D eigenvalue weighted by molar-refractivity contribution is 0.0818. The maximum atomic E-state index is 13.4. The van der Waals surface area contributed by atoms with Crippen LogP contribution in [0.3, 0.4) is 0 Å². The van der Waals surface area contributed by atoms with Gasteiger partial charge in [-0.2, -0.15) is 0 Å². The van der Waals surface area contributed by atoms with Crippen molar-refractivity contribution in [2.24, 2.45) is 0 Å². The molecule has 0 fully saturated rings. The molecule has 4 nitrogen and oxygen atoms in total. The van der Waals surface area contributed by atoms with Crippen LogP contribution in [0.1, 0.15) is 28.8 Å². The van der Waals surface area contributed by atoms with E-state index in [1.165, 1.54) is 0 Å². The van der Waals surface area contributed by atoms with Gasteiger partial charge >= 0.3 is 0 Å². The SMILES string of the molecule is Cc1ccc(S(=O)(=O)N2C(=O)c3ccccc3S[C@@H]3CC=CC[C@H]32)cc1. The fraction of sp³-hybridized carbons (Fsp3) is 0.250. The molecular weight excluding hydrogens is 366 g/mol. The van der Waals surface area contributed by atoms with E-state index in [4.69, 9.17) is 0 Å². The largest absolute Gasteiger partial charge is 0.269 e. The fourth-order valence-electron chi connectivity index (χ4n) is 3.44. The van der Waals surface area contributed by atoms with E-state index in [9.17, 15) is 13.2 Å². The number of carbonyl (C=O) groups is 1. The molecule has 1 aliphatic carbocycles. The van der Waals surface area contributed by atoms with Crippen molar-refractivity contribution in [3.63, 3.8) is 0 Å². The standard InChI is InChI=1S/C20H19NO3S2/c1-14-10-12-15(13-11-14)26(23,24)21-17-7-3-5-9-19(17)25-18-8-4-2-6-16(18)20(21)22/h2-6,8,10-13,17,19H,7,9H2,1H3/t17-,19-/m1/s1. The van der Waals surface area contributed by atoms with E-state index in [0.29, 0.717) is 12.0 Å². The Labute approximate surface area is 158 Å². The van der Waals surface area contributed by atoms with Gasteiger partial charge < -0.3 is 0 Å². The quantitative estimate of drug-likeness (QED) is 0.733. The van der Waals surface area contributed by atoms with Crippen LogP contribution in [0.15, 0.2) is 70.5 Å². The lowest BCUT2D eigenvalue weighted by Crippen LogP contribution is -2.48. The second kappa shape index (κ2) is 6.59. The molecule has 6 heteroatoms. The van der Waals surface area contributed by atoms with E-state index in [2.05, 4.69) is 6.08 Å². The number of nitrogens with zero attached hydrogens (tertiary/aromatic N) is 1. The Kier molecular flexibility index (Phi) is 4.40. The van der Waals surface area contributed by atoms with Crippen LogP contribution in [0.4, 0.5) is 0 Å². The second-order valence-corrected chi connectivity index (χ2v) is 9.68. The van der Waals surface area contributed by atoms with Crippen LogP contribution < -0.4 is 0 Å². The van der Waals surface area contributed by atoms with Crippen molar-refractivity contribution < 1.29 is 13.2 Å². The van der Waals surface area contributed by atoms with Crippen molar-refractivity contribution >= 4 is 27.7 Å². The van der Waals surface area contributed by atoms with Gasteiger partial charge in [-0.1, -0.05) is 42.0 Å². The van der Waals surface area contributed by atoms with E-state index < -0.39 is 15.9 Å². The highest BCUT2D eigenvalue weighted by Gasteiger charge is 2.43. The molecule has 2 aliphatic rings. The molecule has 2 atom stereocenters. The van der Waals surface area contributed by atoms with Crippen LogP contribution >= 0.6 is 11.8 Å². The van der Waals surface area contributed by atoms with Gasteiger partial charge in [0.05, 0.1) is 16.5 Å². The molecule has 0 saturated carbocycles. The summed E-state index contributed by atoms with van der Waals surface area (Å²) < 4.78 is 27.9. The minimum absolute atomic E-state index is 0.0211. The van der Waals surface area contributed by atoms with E-state index in [1.807, 2.05) is 25.1 Å². The number of sulfonamides is 1. The average Bonchev–Trinajstić information content (AvgIpc) is 2.76. The lowest BCUT2D eigenvalue weighted by Gasteiger charge is -2.34. The topological polar surface area (TPSA) is 54.5 Å². The summed E-state index contributed by atoms with van der Waals surface area (Å²) in [5.74, 6) is -0.434. The molecule has 0 bridgehead atoms. The van der Waals surface area contributed by atoms with Crippen LogP contribution in [0.25, 0.3) is 0 Å². The molecule has 1 heterocycles. The van der Waals surface area contributed by atoms with Crippen LogP contribution in [-0.2, 0) is 10.0 Å². The van der Waals surface area contributed by atoms with E-state index in [-0.39, 0.29) is 16.2 Å². The zero-order chi connectivity index (χ0) is 18.3. The minimum atomic E-state index is -3.93. The maximum Gasteiger partial charge on any atom is 0.269 e. The first kappa shape index (κ1) is 17.4. The van der Waals surface area contributed by atoms with Gasteiger partial charge in [-0.05, 0) is 44.0 Å². The smallest absolute Gasteiger partial charge is 0.268 e. The highest BCUT2D eigenvalue weighted by Crippen LogP contribution is 2.41. The van der Waals surface area contributed by atoms with Crippen molar-refractivity contribution in [1.29, 1.82) is 0 Å². The number of thioether (sulfide) groups is 1. The number of benzene rings is 2. The lowest BCUT2D eigenvalue weighted by atomic mass is 10.0. The van der Waals surface area contributed by atoms with Crippen LogP contribution in [0.5, 0.6) is 0 Å². The molecule has 1 amide bonds. The zero-order valence-corrected chi connectivity index (χ0v) is 16.0. The number of carbonyl (C=O) groups excluding carboxylic acids is 1. The molecule has 0 aromatic heterocycles. The number of allylic oxidation sites excluding steroid dienone is 1. The molecule has 0 saturated heterocycles. The van der Waals surface area contributed by atoms with Crippen molar-refractivity contribution in [2.75, 3.05) is 0 Å². The van der Waals surface area contributed by atoms with Gasteiger partial charge in [0.15, 0.2) is 0 Å². The molecule has 2 aromatic carbocycles. The Hall–Kier alpha value is -2.05. The first-order valence-corrected chi connectivity index (χ1v) is 10.9. The first-order valence-electron chi connectivity index (χ1n) is 8.54. The highest BCUT2D eigenvalue weighted by molar-refractivity contribution is 8.00. The number of fused-ring (bicyclic) bond motifs is 2. The Morgan fingerprint density at radius 2 is 1.69 bits per heavy atom. The predicted octanol–water partition coefficient (Wildman–Crippen LogP) is 4.02. The molecule has 0 unspecified atom stereocenters. The third kappa shape index (κ3) is 2.87. The summed E-state index contributed by atoms with van der Waals surface area (Å²) in [6, 6.07) is 13.6. The van der Waals surface area contributed by atoms with E-state index in [0.717, 1.165) is 21.2 Å². The van der Waals surface area contributed by atoms with Crippen LogP contribution in [0.2, 0.25) is 0 Å². The summed E-state index contributed by atoms with van der Waals surface area (Å²) in [5.41, 5.74) is 1.44. The Morgan fingerprint density at radius 1 is 1.00 bits per heavy atom. The molecule has 2 aromatic rings. The summed E-state index contributed by atoms with van der Waals surface area (Å²) in [7, 11) is -3.93. The van der Waals surface area contributed by atoms with Crippen LogP contribution in [-0.4, -0.2) is 29.9 Å². The van der Waals surface area contributed by atoms with Gasteiger partial charge in [0.1, 0.15) is 0 Å². The van der Waals surface area contributed by atoms with Crippen molar-refractivity contribution in [3.8, 4) is 0 Å². The summed E-state index contributed by atoms with van der Waals surface area (Å²) in [4.78, 5) is 14.3. The molecule has 0 N–H and O–H groups in total. The van der Waals surface area contributed by atoms with Gasteiger partial charge in [0.2, 0.25) is 0 Å². The zero-order valence-electron chi connectivity index (χ0n) is 14.3. The van der Waals surface area contributed by atoms with Gasteiger partial charge in [0, 0.05) is 10.1 Å². The highest BCUT2D eigenvalue weighted by atomic mass is 32.2. The van der Waals surface area contributed by atoms with E-state index >= 15 is 0 Å². The maximum absolute atomic E-state index is 13.4. The molecule has 1 aliphatic heterocycles. The summed E-state index contributed by atoms with van der Waals surface area (Å²) >= 11 is 1.60. The van der Waals surface area contributed by atoms with Crippen molar-refractivity contribution in [1.82, 2.24) is 4.31 Å². The normalized spacial score (nSPS) is 22.5. The number of hydrogen-bond acceptors (Lipinski definition) is 4. The molecule has 26 heavy (non-hydrogen) atoms. The minimum Gasteiger partial charge on any atom is -0.268 e. The first-order chi connectivity index (χ1) is 12.5. The summed E-state index contributed by atoms with van der Waals surface area (Å²) in [6.45, 7) is 1.91. The molecular formula is C20H19NO3S2. The summed E-state index contributed by atoms with van der Waals surface area (Å²) in [5, 5.41) is 0.0211. The number of aryl methyl sites for hydroxylation is 1. The van der Waals surface area contributed by atoms with Gasteiger partial charge in [0.25, 0.3) is 15.9 Å². The number of hydrogen-bond donors (Lipinski definition) is 0. The molecule has 0 radical (unpaired) electrons. The monoisotopic (exact) mass is 385 g/mol. The van der Waals surface area contributed by atoms with Crippen molar-refractivity contribution in [3.05, 3.63) is 71.8 Å². The predicted molar refractivity (Wildman–Crippen MR) is 103 cm³/mol. The Bertz CT molecular complexity index is 980. The van der Waals surface area contributed by atoms with E-state index in [1.54, 1.807) is 48.2 Å².